The first-order valence-electron chi connectivity index (χ1n) is 1.75. The molecule has 0 aliphatic carbocycles. The molecule has 0 saturated heterocycles. The van der Waals surface area contributed by atoms with Gasteiger partial charge in [0, 0.05) is 0 Å². The topological polar surface area (TPSA) is 101 Å². The van der Waals surface area contributed by atoms with Crippen LogP contribution in [0.15, 0.2) is 0 Å². The molecule has 9 heteroatoms. The first-order valence-corrected chi connectivity index (χ1v) is 3.36. The second-order valence-corrected chi connectivity index (χ2v) is 2.64. The Morgan fingerprint density at radius 2 is 1.73 bits per heavy atom. The molecule has 0 aromatic carbocycles. The molecule has 0 saturated carbocycles. The van der Waals surface area contributed by atoms with Gasteiger partial charge in [0.05, 0.1) is 0 Å². The van der Waals surface area contributed by atoms with Gasteiger partial charge in [-0.05, 0) is 0 Å². The Morgan fingerprint density at radius 1 is 1.36 bits per heavy atom. The number of rotatable bonds is 2. The SMILES string of the molecule is O=C(CS(=O)(=O)O)OO.[LiH].[LiH]. The van der Waals surface area contributed by atoms with Crippen molar-refractivity contribution in [3.63, 3.8) is 0 Å². The Balaban J connectivity index is -0.000000320. The number of carbonyl (C=O) groups is 1. The van der Waals surface area contributed by atoms with Crippen molar-refractivity contribution >= 4 is 53.8 Å². The molecule has 0 fully saturated rings. The third kappa shape index (κ3) is 13.5. The van der Waals surface area contributed by atoms with E-state index in [-0.39, 0.29) is 37.7 Å². The quantitative estimate of drug-likeness (QED) is 0.208. The van der Waals surface area contributed by atoms with Gasteiger partial charge < -0.3 is 0 Å². The van der Waals surface area contributed by atoms with Gasteiger partial charge in [-0.25, -0.2) is 4.79 Å². The fourth-order valence-corrected chi connectivity index (χ4v) is 0.526. The molecule has 0 spiro atoms. The first kappa shape index (κ1) is 17.6. The number of hydrogen-bond acceptors (Lipinski definition) is 5. The molecular weight excluding hydrogens is 166 g/mol. The summed E-state index contributed by atoms with van der Waals surface area (Å²) in [6.07, 6.45) is 0. The fraction of sp³-hybridized carbons (Fsp3) is 0.500. The molecule has 0 aromatic rings. The van der Waals surface area contributed by atoms with E-state index in [1.807, 2.05) is 0 Å². The second kappa shape index (κ2) is 7.20. The summed E-state index contributed by atoms with van der Waals surface area (Å²) in [4.78, 5) is 12.8. The van der Waals surface area contributed by atoms with Crippen molar-refractivity contribution in [2.45, 2.75) is 0 Å². The zero-order valence-electron chi connectivity index (χ0n) is 4.14. The summed E-state index contributed by atoms with van der Waals surface area (Å²) in [6, 6.07) is 0. The fourth-order valence-electron chi connectivity index (χ4n) is 0.175. The Kier molecular flexibility index (Phi) is 11.5. The molecule has 58 valence electrons. The summed E-state index contributed by atoms with van der Waals surface area (Å²) >= 11 is 0. The minimum atomic E-state index is -4.37. The van der Waals surface area contributed by atoms with Gasteiger partial charge in [-0.3, -0.25) is 9.44 Å². The van der Waals surface area contributed by atoms with Crippen LogP contribution in [0.2, 0.25) is 0 Å². The van der Waals surface area contributed by atoms with E-state index in [0.717, 1.165) is 0 Å². The molecule has 6 nitrogen and oxygen atoms in total. The van der Waals surface area contributed by atoms with Gasteiger partial charge in [-0.1, -0.05) is 0 Å². The summed E-state index contributed by atoms with van der Waals surface area (Å²) in [6.45, 7) is 0. The maximum atomic E-state index is 9.82. The van der Waals surface area contributed by atoms with Crippen LogP contribution in [0, 0.1) is 0 Å². The number of hydrogen-bond donors (Lipinski definition) is 2. The van der Waals surface area contributed by atoms with Crippen molar-refractivity contribution in [2.24, 2.45) is 0 Å². The average molecular weight is 172 g/mol. The molecule has 2 N–H and O–H groups in total. The molecule has 0 aliphatic rings. The van der Waals surface area contributed by atoms with Crippen molar-refractivity contribution in [2.75, 3.05) is 5.75 Å². The third-order valence-electron chi connectivity index (χ3n) is 0.402. The van der Waals surface area contributed by atoms with E-state index in [0.29, 0.717) is 0 Å². The Morgan fingerprint density at radius 3 is 1.82 bits per heavy atom. The van der Waals surface area contributed by atoms with Gasteiger partial charge in [0.15, 0.2) is 5.75 Å². The molecule has 0 aromatic heterocycles. The zero-order valence-corrected chi connectivity index (χ0v) is 4.96. The second-order valence-electron chi connectivity index (χ2n) is 1.19. The van der Waals surface area contributed by atoms with Gasteiger partial charge in [-0.15, -0.1) is 0 Å². The zero-order chi connectivity index (χ0) is 7.49. The minimum absolute atomic E-state index is 0. The average Bonchev–Trinajstić information content (AvgIpc) is 1.62. The van der Waals surface area contributed by atoms with E-state index in [1.165, 1.54) is 0 Å². The molecule has 11 heavy (non-hydrogen) atoms. The number of carbonyl (C=O) groups excluding carboxylic acids is 1. The van der Waals surface area contributed by atoms with E-state index in [4.69, 9.17) is 9.81 Å². The predicted molar refractivity (Wildman–Crippen MR) is 39.4 cm³/mol. The molecule has 0 amide bonds. The van der Waals surface area contributed by atoms with Crippen LogP contribution in [0.4, 0.5) is 0 Å². The summed E-state index contributed by atoms with van der Waals surface area (Å²) in [5.74, 6) is -2.65. The molecule has 0 unspecified atom stereocenters. The van der Waals surface area contributed by atoms with Crippen LogP contribution in [0.25, 0.3) is 0 Å². The summed E-state index contributed by atoms with van der Waals surface area (Å²) < 4.78 is 27.4. The van der Waals surface area contributed by atoms with Gasteiger partial charge in [0.25, 0.3) is 10.1 Å². The third-order valence-corrected chi connectivity index (χ3v) is 1.00. The van der Waals surface area contributed by atoms with Crippen LogP contribution in [0.1, 0.15) is 0 Å². The molecule has 0 rings (SSSR count). The van der Waals surface area contributed by atoms with Crippen molar-refractivity contribution < 1.29 is 27.9 Å². The normalized spacial score (nSPS) is 8.91. The molecule has 0 bridgehead atoms. The van der Waals surface area contributed by atoms with E-state index < -0.39 is 21.8 Å². The first-order chi connectivity index (χ1) is 3.95. The van der Waals surface area contributed by atoms with E-state index in [9.17, 15) is 13.2 Å². The van der Waals surface area contributed by atoms with Gasteiger partial charge in [-0.2, -0.15) is 13.7 Å². The summed E-state index contributed by atoms with van der Waals surface area (Å²) in [5, 5.41) is 7.47. The molecule has 0 radical (unpaired) electrons. The van der Waals surface area contributed by atoms with Crippen LogP contribution >= 0.6 is 0 Å². The van der Waals surface area contributed by atoms with Crippen LogP contribution in [0.5, 0.6) is 0 Å². The van der Waals surface area contributed by atoms with Crippen LogP contribution in [-0.2, 0) is 19.8 Å². The molecule has 0 aliphatic heterocycles. The van der Waals surface area contributed by atoms with Crippen molar-refractivity contribution in [3.8, 4) is 0 Å². The molecule has 0 atom stereocenters. The van der Waals surface area contributed by atoms with Crippen molar-refractivity contribution in [1.29, 1.82) is 0 Å². The van der Waals surface area contributed by atoms with Crippen molar-refractivity contribution in [3.05, 3.63) is 0 Å². The van der Waals surface area contributed by atoms with Crippen molar-refractivity contribution in [1.82, 2.24) is 0 Å². The molecule has 0 heterocycles. The van der Waals surface area contributed by atoms with Gasteiger partial charge >= 0.3 is 43.7 Å². The van der Waals surface area contributed by atoms with E-state index >= 15 is 0 Å². The van der Waals surface area contributed by atoms with Crippen LogP contribution in [0.3, 0.4) is 0 Å². The Bertz CT molecular complexity index is 197. The Hall–Kier alpha value is 0.535. The standard InChI is InChI=1S/C2H4O6S.2Li.2H/c3-2(8-4)1-9(5,6)7;;;;/h4H,1H2,(H,5,6,7);;;;. The van der Waals surface area contributed by atoms with Gasteiger partial charge in [0.2, 0.25) is 0 Å². The predicted octanol–water partition coefficient (Wildman–Crippen LogP) is -2.41. The van der Waals surface area contributed by atoms with E-state index in [2.05, 4.69) is 4.89 Å². The monoisotopic (exact) mass is 172 g/mol. The van der Waals surface area contributed by atoms with E-state index in [1.54, 1.807) is 0 Å². The van der Waals surface area contributed by atoms with Crippen LogP contribution in [-0.4, -0.2) is 67.7 Å². The maximum absolute atomic E-state index is 9.82. The van der Waals surface area contributed by atoms with Gasteiger partial charge in [0.1, 0.15) is 0 Å². The van der Waals surface area contributed by atoms with Crippen LogP contribution < -0.4 is 0 Å². The Labute approximate surface area is 87.3 Å². The summed E-state index contributed by atoms with van der Waals surface area (Å²) in [7, 11) is -4.37. The molecular formula is C2H6Li2O6S. The summed E-state index contributed by atoms with van der Waals surface area (Å²) in [5.41, 5.74) is 0.